The lowest BCUT2D eigenvalue weighted by Crippen LogP contribution is -2.42. The average Bonchev–Trinajstić information content (AvgIpc) is 3.14. The number of hydrogen-bond acceptors (Lipinski definition) is 3. The Morgan fingerprint density at radius 2 is 1.96 bits per heavy atom. The molecule has 0 radical (unpaired) electrons. The van der Waals surface area contributed by atoms with Gasteiger partial charge in [-0.15, -0.1) is 0 Å². The van der Waals surface area contributed by atoms with Gasteiger partial charge in [0.1, 0.15) is 12.2 Å². The Labute approximate surface area is 147 Å². The maximum atomic E-state index is 12.5. The van der Waals surface area contributed by atoms with Crippen LogP contribution in [0.25, 0.3) is 0 Å². The Kier molecular flexibility index (Phi) is 5.58. The molecule has 3 unspecified atom stereocenters. The van der Waals surface area contributed by atoms with Gasteiger partial charge in [-0.1, -0.05) is 34.1 Å². The van der Waals surface area contributed by atoms with Crippen LogP contribution in [0.4, 0.5) is 0 Å². The van der Waals surface area contributed by atoms with Crippen LogP contribution >= 0.6 is 0 Å². The summed E-state index contributed by atoms with van der Waals surface area (Å²) in [6.07, 6.45) is 9.68. The van der Waals surface area contributed by atoms with Crippen molar-refractivity contribution < 1.29 is 14.3 Å². The van der Waals surface area contributed by atoms with E-state index in [4.69, 9.17) is 9.47 Å². The molecule has 0 saturated heterocycles. The fourth-order valence-corrected chi connectivity index (χ4v) is 5.76. The monoisotopic (exact) mass is 336 g/mol. The summed E-state index contributed by atoms with van der Waals surface area (Å²) in [6, 6.07) is 0. The van der Waals surface area contributed by atoms with Crippen molar-refractivity contribution in [1.29, 1.82) is 0 Å². The molecule has 3 nitrogen and oxygen atoms in total. The summed E-state index contributed by atoms with van der Waals surface area (Å²) in [5.74, 6) is 3.14. The zero-order chi connectivity index (χ0) is 17.3. The van der Waals surface area contributed by atoms with Gasteiger partial charge in [0, 0.05) is 0 Å². The van der Waals surface area contributed by atoms with Crippen molar-refractivity contribution in [3.05, 3.63) is 0 Å². The summed E-state index contributed by atoms with van der Waals surface area (Å²) >= 11 is 0. The Balaban J connectivity index is 1.53. The second kappa shape index (κ2) is 7.35. The second-order valence-corrected chi connectivity index (χ2v) is 9.15. The van der Waals surface area contributed by atoms with Gasteiger partial charge in [0.2, 0.25) is 0 Å². The molecule has 0 amide bonds. The summed E-state index contributed by atoms with van der Waals surface area (Å²) in [5.41, 5.74) is -0.180. The molecule has 3 heteroatoms. The predicted octanol–water partition coefficient (Wildman–Crippen LogP) is 4.98. The minimum Gasteiger partial charge on any atom is -0.457 e. The molecule has 0 aromatic rings. The predicted molar refractivity (Wildman–Crippen MR) is 95.6 cm³/mol. The van der Waals surface area contributed by atoms with Gasteiger partial charge in [-0.3, -0.25) is 0 Å². The van der Waals surface area contributed by atoms with Gasteiger partial charge >= 0.3 is 5.97 Å². The minimum absolute atomic E-state index is 0.134. The van der Waals surface area contributed by atoms with E-state index in [1.54, 1.807) is 0 Å². The highest BCUT2D eigenvalue weighted by atomic mass is 16.6. The fraction of sp³-hybridized carbons (Fsp3) is 0.952. The summed E-state index contributed by atoms with van der Waals surface area (Å²) < 4.78 is 12.1. The van der Waals surface area contributed by atoms with E-state index in [1.165, 1.54) is 32.1 Å². The first-order valence-corrected chi connectivity index (χ1v) is 10.3. The Morgan fingerprint density at radius 3 is 2.54 bits per heavy atom. The number of carbonyl (C=O) groups excluding carboxylic acids is 1. The van der Waals surface area contributed by atoms with Crippen molar-refractivity contribution >= 4 is 5.97 Å². The minimum atomic E-state index is -0.180. The average molecular weight is 337 g/mol. The van der Waals surface area contributed by atoms with E-state index in [0.29, 0.717) is 23.7 Å². The third kappa shape index (κ3) is 3.66. The fourth-order valence-electron chi connectivity index (χ4n) is 5.76. The number of esters is 1. The van der Waals surface area contributed by atoms with Crippen LogP contribution in [0.15, 0.2) is 0 Å². The van der Waals surface area contributed by atoms with Crippen molar-refractivity contribution in [2.24, 2.45) is 29.6 Å². The van der Waals surface area contributed by atoms with Crippen LogP contribution in [0, 0.1) is 29.6 Å². The lowest BCUT2D eigenvalue weighted by molar-refractivity contribution is -0.176. The second-order valence-electron chi connectivity index (χ2n) is 9.15. The van der Waals surface area contributed by atoms with E-state index in [-0.39, 0.29) is 24.3 Å². The van der Waals surface area contributed by atoms with E-state index in [2.05, 4.69) is 27.7 Å². The molecule has 24 heavy (non-hydrogen) atoms. The maximum absolute atomic E-state index is 12.5. The molecule has 6 atom stereocenters. The zero-order valence-corrected chi connectivity index (χ0v) is 16.1. The molecule has 0 spiro atoms. The van der Waals surface area contributed by atoms with E-state index < -0.39 is 0 Å². The molecular weight excluding hydrogens is 300 g/mol. The van der Waals surface area contributed by atoms with Crippen LogP contribution in [-0.2, 0) is 14.3 Å². The quantitative estimate of drug-likeness (QED) is 0.642. The van der Waals surface area contributed by atoms with E-state index in [1.807, 2.05) is 0 Å². The number of carbonyl (C=O) groups is 1. The van der Waals surface area contributed by atoms with Crippen molar-refractivity contribution in [2.75, 3.05) is 6.61 Å². The highest BCUT2D eigenvalue weighted by molar-refractivity contribution is 5.71. The third-order valence-electron chi connectivity index (χ3n) is 7.21. The van der Waals surface area contributed by atoms with Gasteiger partial charge in [0.15, 0.2) is 0 Å². The van der Waals surface area contributed by atoms with Gasteiger partial charge < -0.3 is 9.47 Å². The Morgan fingerprint density at radius 1 is 1.17 bits per heavy atom. The molecule has 3 saturated carbocycles. The van der Waals surface area contributed by atoms with Crippen molar-refractivity contribution in [3.8, 4) is 0 Å². The molecule has 0 aliphatic heterocycles. The van der Waals surface area contributed by atoms with Crippen molar-refractivity contribution in [2.45, 2.75) is 90.8 Å². The van der Waals surface area contributed by atoms with Crippen LogP contribution in [0.2, 0.25) is 0 Å². The van der Waals surface area contributed by atoms with E-state index >= 15 is 0 Å². The maximum Gasteiger partial charge on any atom is 0.332 e. The van der Waals surface area contributed by atoms with Crippen LogP contribution in [-0.4, -0.2) is 24.3 Å². The molecule has 3 aliphatic rings. The summed E-state index contributed by atoms with van der Waals surface area (Å²) in [7, 11) is 0. The number of hydrogen-bond donors (Lipinski definition) is 0. The smallest absolute Gasteiger partial charge is 0.332 e. The number of fused-ring (bicyclic) bond motifs is 2. The number of rotatable bonds is 6. The summed E-state index contributed by atoms with van der Waals surface area (Å²) in [4.78, 5) is 12.5. The molecule has 0 aromatic heterocycles. The lowest BCUT2D eigenvalue weighted by Gasteiger charge is -2.38. The summed E-state index contributed by atoms with van der Waals surface area (Å²) in [6.45, 7) is 9.16. The van der Waals surface area contributed by atoms with E-state index in [0.717, 1.165) is 25.2 Å². The van der Waals surface area contributed by atoms with Gasteiger partial charge in [-0.2, -0.15) is 0 Å². The van der Waals surface area contributed by atoms with Crippen LogP contribution < -0.4 is 0 Å². The molecule has 0 N–H and O–H groups in total. The topological polar surface area (TPSA) is 35.5 Å². The molecule has 2 bridgehead atoms. The molecule has 3 aliphatic carbocycles. The van der Waals surface area contributed by atoms with Crippen LogP contribution in [0.3, 0.4) is 0 Å². The number of ether oxygens (including phenoxy) is 2. The first kappa shape index (κ1) is 18.2. The third-order valence-corrected chi connectivity index (χ3v) is 7.21. The Hall–Kier alpha value is -0.570. The highest BCUT2D eigenvalue weighted by Gasteiger charge is 2.52. The molecule has 0 aromatic carbocycles. The Bertz CT molecular complexity index is 446. The van der Waals surface area contributed by atoms with Crippen LogP contribution in [0.1, 0.15) is 79.1 Å². The van der Waals surface area contributed by atoms with Gasteiger partial charge in [-0.05, 0) is 74.5 Å². The van der Waals surface area contributed by atoms with Gasteiger partial charge in [0.05, 0.1) is 6.10 Å². The molecule has 138 valence electrons. The lowest BCUT2D eigenvalue weighted by atomic mass is 9.75. The first-order chi connectivity index (χ1) is 11.4. The normalized spacial score (nSPS) is 41.8. The summed E-state index contributed by atoms with van der Waals surface area (Å²) in [5, 5.41) is 0. The van der Waals surface area contributed by atoms with Crippen LogP contribution in [0.5, 0.6) is 0 Å². The standard InChI is InChI=1S/C21H36O3/c1-5-21(12-16-7-8-17(21)11-16)24-20(22)13-23-19-10-15(4)6-9-18(19)14(2)3/h14-19H,5-13H2,1-4H3/t15?,16-,17+,18?,19?,21+/m0/s1. The zero-order valence-electron chi connectivity index (χ0n) is 16.1. The SMILES string of the molecule is CC[C@@]1(OC(=O)COC2CC(C)CCC2C(C)C)C[C@H]2CC[C@@H]1C2. The largest absolute Gasteiger partial charge is 0.457 e. The van der Waals surface area contributed by atoms with Gasteiger partial charge in [0.25, 0.3) is 0 Å². The van der Waals surface area contributed by atoms with Gasteiger partial charge in [-0.25, -0.2) is 4.79 Å². The van der Waals surface area contributed by atoms with Crippen molar-refractivity contribution in [3.63, 3.8) is 0 Å². The first-order valence-electron chi connectivity index (χ1n) is 10.3. The highest BCUT2D eigenvalue weighted by Crippen LogP contribution is 2.54. The molecule has 3 fully saturated rings. The molecular formula is C21H36O3. The van der Waals surface area contributed by atoms with Crippen molar-refractivity contribution in [1.82, 2.24) is 0 Å². The molecule has 0 heterocycles. The molecule has 3 rings (SSSR count). The van der Waals surface area contributed by atoms with E-state index in [9.17, 15) is 4.79 Å².